The maximum atomic E-state index is 6.32. The second-order valence-corrected chi connectivity index (χ2v) is 16.2. The molecule has 0 saturated heterocycles. The van der Waals surface area contributed by atoms with Crippen LogP contribution in [0.4, 0.5) is 0 Å². The van der Waals surface area contributed by atoms with Gasteiger partial charge in [0.1, 0.15) is 27.8 Å². The molecule has 0 atom stereocenters. The van der Waals surface area contributed by atoms with Gasteiger partial charge in [-0.05, 0) is 106 Å². The Hall–Kier alpha value is -8.94. The Bertz CT molecular complexity index is 3980. The number of rotatable bonds is 7. The van der Waals surface area contributed by atoms with Gasteiger partial charge in [0.2, 0.25) is 5.89 Å². The van der Waals surface area contributed by atoms with Gasteiger partial charge in [-0.1, -0.05) is 133 Å². The van der Waals surface area contributed by atoms with Crippen molar-refractivity contribution in [3.8, 4) is 79.0 Å². The number of furan rings is 2. The van der Waals surface area contributed by atoms with E-state index >= 15 is 0 Å². The molecule has 0 unspecified atom stereocenters. The van der Waals surface area contributed by atoms with Crippen molar-refractivity contribution in [2.45, 2.75) is 0 Å². The number of nitrogens with zero attached hydrogens (tertiary/aromatic N) is 4. The molecule has 9 aromatic carbocycles. The zero-order valence-electron chi connectivity index (χ0n) is 34.6. The van der Waals surface area contributed by atoms with E-state index in [0.29, 0.717) is 23.4 Å². The molecular formula is C58H34N4O3. The van der Waals surface area contributed by atoms with Gasteiger partial charge < -0.3 is 13.3 Å². The topological polar surface area (TPSA) is 91.0 Å². The number of aromatic nitrogens is 4. The molecule has 0 radical (unpaired) electrons. The van der Waals surface area contributed by atoms with E-state index < -0.39 is 0 Å². The van der Waals surface area contributed by atoms with Gasteiger partial charge in [-0.25, -0.2) is 19.9 Å². The van der Waals surface area contributed by atoms with Gasteiger partial charge in [-0.3, -0.25) is 0 Å². The summed E-state index contributed by atoms with van der Waals surface area (Å²) in [6.07, 6.45) is 0. The minimum atomic E-state index is 0.545. The van der Waals surface area contributed by atoms with Gasteiger partial charge in [0, 0.05) is 43.8 Å². The van der Waals surface area contributed by atoms with Crippen LogP contribution in [0, 0.1) is 0 Å². The lowest BCUT2D eigenvalue weighted by atomic mass is 9.95. The summed E-state index contributed by atoms with van der Waals surface area (Å²) in [5, 5.41) is 4.08. The predicted octanol–water partition coefficient (Wildman–Crippen LogP) is 15.5. The summed E-state index contributed by atoms with van der Waals surface area (Å²) >= 11 is 0. The molecule has 4 heterocycles. The first-order valence-corrected chi connectivity index (χ1v) is 21.5. The van der Waals surface area contributed by atoms with Crippen molar-refractivity contribution in [3.63, 3.8) is 0 Å². The van der Waals surface area contributed by atoms with Crippen molar-refractivity contribution in [1.82, 2.24) is 19.9 Å². The zero-order chi connectivity index (χ0) is 42.8. The van der Waals surface area contributed by atoms with Crippen LogP contribution < -0.4 is 0 Å². The fourth-order valence-corrected chi connectivity index (χ4v) is 8.98. The molecule has 0 bridgehead atoms. The Morgan fingerprint density at radius 1 is 0.262 bits per heavy atom. The van der Waals surface area contributed by atoms with Gasteiger partial charge >= 0.3 is 0 Å². The minimum absolute atomic E-state index is 0.545. The lowest BCUT2D eigenvalue weighted by molar-refractivity contribution is 0.620. The Morgan fingerprint density at radius 3 is 1.46 bits per heavy atom. The number of fused-ring (bicyclic) bond motifs is 7. The largest absolute Gasteiger partial charge is 0.456 e. The second-order valence-electron chi connectivity index (χ2n) is 16.2. The summed E-state index contributed by atoms with van der Waals surface area (Å²) in [6, 6.07) is 70.3. The van der Waals surface area contributed by atoms with Crippen molar-refractivity contribution in [2.24, 2.45) is 0 Å². The first-order chi connectivity index (χ1) is 32.1. The van der Waals surface area contributed by atoms with Crippen molar-refractivity contribution >= 4 is 55.0 Å². The third-order valence-corrected chi connectivity index (χ3v) is 12.2. The van der Waals surface area contributed by atoms with Crippen LogP contribution in [0.15, 0.2) is 220 Å². The molecule has 0 N–H and O–H groups in total. The highest BCUT2D eigenvalue weighted by Gasteiger charge is 2.19. The summed E-state index contributed by atoms with van der Waals surface area (Å²) < 4.78 is 18.8. The molecule has 7 heteroatoms. The van der Waals surface area contributed by atoms with Crippen LogP contribution in [0.2, 0.25) is 0 Å². The average Bonchev–Trinajstić information content (AvgIpc) is 4.10. The Labute approximate surface area is 372 Å². The third kappa shape index (κ3) is 6.45. The molecule has 13 aromatic rings. The van der Waals surface area contributed by atoms with E-state index in [1.165, 1.54) is 0 Å². The molecule has 0 fully saturated rings. The number of para-hydroxylation sites is 2. The van der Waals surface area contributed by atoms with E-state index in [2.05, 4.69) is 115 Å². The molecule has 0 aliphatic heterocycles. The maximum Gasteiger partial charge on any atom is 0.227 e. The summed E-state index contributed by atoms with van der Waals surface area (Å²) in [7, 11) is 0. The fourth-order valence-electron chi connectivity index (χ4n) is 8.98. The Kier molecular flexibility index (Phi) is 8.39. The highest BCUT2D eigenvalue weighted by atomic mass is 16.3. The summed E-state index contributed by atoms with van der Waals surface area (Å²) in [4.78, 5) is 20.3. The Morgan fingerprint density at radius 2 is 0.738 bits per heavy atom. The number of oxazole rings is 1. The molecule has 0 saturated carbocycles. The van der Waals surface area contributed by atoms with E-state index in [4.69, 9.17) is 33.2 Å². The monoisotopic (exact) mass is 834 g/mol. The van der Waals surface area contributed by atoms with E-state index in [1.807, 2.05) is 91.0 Å². The first kappa shape index (κ1) is 36.7. The van der Waals surface area contributed by atoms with E-state index in [-0.39, 0.29) is 0 Å². The van der Waals surface area contributed by atoms with E-state index in [9.17, 15) is 0 Å². The predicted molar refractivity (Wildman–Crippen MR) is 260 cm³/mol. The van der Waals surface area contributed by atoms with Crippen molar-refractivity contribution in [1.29, 1.82) is 0 Å². The number of hydrogen-bond acceptors (Lipinski definition) is 7. The van der Waals surface area contributed by atoms with Gasteiger partial charge in [0.05, 0.1) is 0 Å². The van der Waals surface area contributed by atoms with Gasteiger partial charge in [0.25, 0.3) is 0 Å². The molecule has 0 amide bonds. The molecule has 7 nitrogen and oxygen atoms in total. The lowest BCUT2D eigenvalue weighted by Gasteiger charge is -2.11. The van der Waals surface area contributed by atoms with Crippen LogP contribution in [0.25, 0.3) is 134 Å². The summed E-state index contributed by atoms with van der Waals surface area (Å²) in [6.45, 7) is 0. The number of hydrogen-bond donors (Lipinski definition) is 0. The molecule has 0 spiro atoms. The normalized spacial score (nSPS) is 11.7. The molecule has 65 heavy (non-hydrogen) atoms. The fraction of sp³-hybridized carbons (Fsp3) is 0. The second kappa shape index (κ2) is 14.9. The zero-order valence-corrected chi connectivity index (χ0v) is 34.6. The van der Waals surface area contributed by atoms with Crippen LogP contribution in [0.1, 0.15) is 0 Å². The smallest absolute Gasteiger partial charge is 0.227 e. The third-order valence-electron chi connectivity index (χ3n) is 12.2. The SMILES string of the molecule is c1ccc(-c2nc3ccc(-c4cccc(-c5cccc(-c6cccc(-c7nc(-c8ccc9c(c8)oc8ccccc89)nc(-c8cccc9oc%10ccccc%10c89)n7)c6)c5)c4)cc3o2)cc1. The average molecular weight is 835 g/mol. The van der Waals surface area contributed by atoms with Crippen molar-refractivity contribution in [3.05, 3.63) is 206 Å². The number of benzene rings is 9. The lowest BCUT2D eigenvalue weighted by Crippen LogP contribution is -2.00. The summed E-state index contributed by atoms with van der Waals surface area (Å²) in [5.41, 5.74) is 14.8. The van der Waals surface area contributed by atoms with Crippen molar-refractivity contribution < 1.29 is 13.3 Å². The van der Waals surface area contributed by atoms with Gasteiger partial charge in [-0.2, -0.15) is 0 Å². The van der Waals surface area contributed by atoms with E-state index in [0.717, 1.165) is 111 Å². The quantitative estimate of drug-likeness (QED) is 0.158. The molecule has 0 aliphatic rings. The van der Waals surface area contributed by atoms with Crippen LogP contribution in [-0.4, -0.2) is 19.9 Å². The van der Waals surface area contributed by atoms with Crippen LogP contribution >= 0.6 is 0 Å². The Balaban J connectivity index is 0.888. The molecule has 0 aliphatic carbocycles. The highest BCUT2D eigenvalue weighted by molar-refractivity contribution is 6.12. The van der Waals surface area contributed by atoms with E-state index in [1.54, 1.807) is 0 Å². The first-order valence-electron chi connectivity index (χ1n) is 21.5. The van der Waals surface area contributed by atoms with Gasteiger partial charge in [0.15, 0.2) is 23.1 Å². The van der Waals surface area contributed by atoms with Crippen molar-refractivity contribution in [2.75, 3.05) is 0 Å². The molecule has 13 rings (SSSR count). The minimum Gasteiger partial charge on any atom is -0.456 e. The maximum absolute atomic E-state index is 6.32. The standard InChI is InChI=1S/C58H34N4O3/c1-2-12-35(13-3-1)58-59-48-29-27-41(33-53(48)65-58)39-17-9-15-37(31-39)36-14-8-16-38(30-36)40-18-10-19-42(32-40)55-60-56(43-26-28-45-44-20-4-6-23-49(44)64-52(45)34-43)62-57(61-55)47-22-11-25-51-54(47)46-21-5-7-24-50(46)63-51/h1-34H. The van der Waals surface area contributed by atoms with Gasteiger partial charge in [-0.15, -0.1) is 0 Å². The summed E-state index contributed by atoms with van der Waals surface area (Å²) in [5.74, 6) is 2.27. The molecule has 4 aromatic heterocycles. The molecule has 304 valence electrons. The van der Waals surface area contributed by atoms with Crippen LogP contribution in [0.5, 0.6) is 0 Å². The van der Waals surface area contributed by atoms with Crippen LogP contribution in [-0.2, 0) is 0 Å². The molecular weight excluding hydrogens is 801 g/mol. The highest BCUT2D eigenvalue weighted by Crippen LogP contribution is 2.39. The van der Waals surface area contributed by atoms with Crippen LogP contribution in [0.3, 0.4) is 0 Å².